The van der Waals surface area contributed by atoms with E-state index in [0.29, 0.717) is 10.9 Å². The number of hydrogen-bond acceptors (Lipinski definition) is 2. The van der Waals surface area contributed by atoms with Gasteiger partial charge in [0.1, 0.15) is 23.9 Å². The number of rotatable bonds is 4. The van der Waals surface area contributed by atoms with Crippen molar-refractivity contribution in [3.63, 3.8) is 0 Å². The summed E-state index contributed by atoms with van der Waals surface area (Å²) in [4.78, 5) is 12.6. The monoisotopic (exact) mass is 301 g/mol. The topological polar surface area (TPSA) is 26.3 Å². The van der Waals surface area contributed by atoms with Crippen molar-refractivity contribution in [2.45, 2.75) is 31.1 Å². The van der Waals surface area contributed by atoms with E-state index < -0.39 is 0 Å². The minimum Gasteiger partial charge on any atom is -0.485 e. The number of ketones is 1. The number of benzene rings is 2. The maximum absolute atomic E-state index is 11.1. The first kappa shape index (κ1) is 14.5. The molecule has 0 N–H and O–H groups in total. The Hall–Kier alpha value is -1.48. The minimum absolute atomic E-state index is 0.0531. The first-order chi connectivity index (χ1) is 10.3. The summed E-state index contributed by atoms with van der Waals surface area (Å²) in [6.45, 7) is 1.70. The summed E-state index contributed by atoms with van der Waals surface area (Å²) in [6.07, 6.45) is 4.07. The molecule has 21 heavy (non-hydrogen) atoms. The van der Waals surface area contributed by atoms with Crippen LogP contribution >= 0.6 is 0 Å². The number of carbonyl (C=O) groups is 1. The highest BCUT2D eigenvalue weighted by molar-refractivity contribution is 7.97. The molecule has 2 aromatic carbocycles. The summed E-state index contributed by atoms with van der Waals surface area (Å²) in [6, 6.07) is 12.7. The summed E-state index contributed by atoms with van der Waals surface area (Å²) in [7, 11) is 0.374. The predicted molar refractivity (Wildman–Crippen MR) is 89.3 cm³/mol. The predicted octanol–water partition coefficient (Wildman–Crippen LogP) is 3.97. The lowest BCUT2D eigenvalue weighted by atomic mass is 10.1. The van der Waals surface area contributed by atoms with Crippen LogP contribution < -0.4 is 4.74 Å². The minimum atomic E-state index is 0.0531. The van der Waals surface area contributed by atoms with Crippen molar-refractivity contribution < 1.29 is 9.53 Å². The van der Waals surface area contributed by atoms with E-state index in [-0.39, 0.29) is 12.4 Å². The van der Waals surface area contributed by atoms with Crippen LogP contribution in [0.25, 0.3) is 10.8 Å². The molecule has 0 unspecified atom stereocenters. The Kier molecular flexibility index (Phi) is 4.49. The van der Waals surface area contributed by atoms with E-state index in [1.165, 1.54) is 41.0 Å². The molecule has 1 heterocycles. The molecule has 110 valence electrons. The van der Waals surface area contributed by atoms with Crippen LogP contribution in [0.3, 0.4) is 0 Å². The van der Waals surface area contributed by atoms with E-state index in [4.69, 9.17) is 4.74 Å². The highest BCUT2D eigenvalue weighted by Gasteiger charge is 2.27. The third-order valence-corrected chi connectivity index (χ3v) is 6.41. The second-order valence-electron chi connectivity index (χ2n) is 5.56. The molecular weight excluding hydrogens is 280 g/mol. The SMILES string of the molecule is CC(=O)COc1ccc([S+]2CCCCC2)c2ccccc12. The molecule has 0 spiro atoms. The van der Waals surface area contributed by atoms with Crippen LogP contribution in [0.5, 0.6) is 5.75 Å². The van der Waals surface area contributed by atoms with Gasteiger partial charge in [0.25, 0.3) is 0 Å². The quantitative estimate of drug-likeness (QED) is 0.799. The molecule has 1 saturated heterocycles. The van der Waals surface area contributed by atoms with Gasteiger partial charge in [-0.3, -0.25) is 4.79 Å². The van der Waals surface area contributed by atoms with Crippen LogP contribution in [0.15, 0.2) is 41.3 Å². The second kappa shape index (κ2) is 6.52. The van der Waals surface area contributed by atoms with Crippen LogP contribution in [0.4, 0.5) is 0 Å². The van der Waals surface area contributed by atoms with E-state index in [0.717, 1.165) is 11.1 Å². The van der Waals surface area contributed by atoms with Crippen molar-refractivity contribution in [2.75, 3.05) is 18.1 Å². The smallest absolute Gasteiger partial charge is 0.167 e. The third-order valence-electron chi connectivity index (χ3n) is 3.87. The van der Waals surface area contributed by atoms with Crippen LogP contribution in [-0.2, 0) is 15.7 Å². The van der Waals surface area contributed by atoms with Gasteiger partial charge in [0.15, 0.2) is 10.7 Å². The molecule has 3 heteroatoms. The Bertz CT molecular complexity index is 645. The van der Waals surface area contributed by atoms with Crippen molar-refractivity contribution >= 4 is 27.5 Å². The molecule has 3 rings (SSSR count). The molecule has 0 amide bonds. The van der Waals surface area contributed by atoms with Crippen LogP contribution in [0, 0.1) is 0 Å². The zero-order valence-electron chi connectivity index (χ0n) is 12.4. The largest absolute Gasteiger partial charge is 0.485 e. The maximum atomic E-state index is 11.1. The van der Waals surface area contributed by atoms with E-state index in [1.807, 2.05) is 12.1 Å². The molecule has 1 aliphatic rings. The second-order valence-corrected chi connectivity index (χ2v) is 7.80. The van der Waals surface area contributed by atoms with Gasteiger partial charge in [-0.2, -0.15) is 0 Å². The Balaban J connectivity index is 1.99. The molecule has 0 bridgehead atoms. The van der Waals surface area contributed by atoms with Crippen molar-refractivity contribution in [2.24, 2.45) is 0 Å². The fraction of sp³-hybridized carbons (Fsp3) is 0.389. The zero-order chi connectivity index (χ0) is 14.7. The molecule has 1 fully saturated rings. The van der Waals surface area contributed by atoms with Crippen molar-refractivity contribution in [1.82, 2.24) is 0 Å². The molecule has 0 radical (unpaired) electrons. The standard InChI is InChI=1S/C18H21O2S/c1-14(19)13-20-17-9-10-18(21-11-5-2-6-12-21)16-8-4-3-7-15(16)17/h3-4,7-10H,2,5-6,11-13H2,1H3/q+1. The van der Waals surface area contributed by atoms with Crippen molar-refractivity contribution in [1.29, 1.82) is 0 Å². The highest BCUT2D eigenvalue weighted by atomic mass is 32.2. The van der Waals surface area contributed by atoms with Gasteiger partial charge in [-0.1, -0.05) is 18.2 Å². The highest BCUT2D eigenvalue weighted by Crippen LogP contribution is 2.34. The Morgan fingerprint density at radius 3 is 2.48 bits per heavy atom. The number of carbonyl (C=O) groups excluding carboxylic acids is 1. The lowest BCUT2D eigenvalue weighted by Crippen LogP contribution is -2.18. The van der Waals surface area contributed by atoms with Crippen LogP contribution in [0.1, 0.15) is 26.2 Å². The first-order valence-electron chi connectivity index (χ1n) is 7.57. The first-order valence-corrected chi connectivity index (χ1v) is 9.13. The Labute approximate surface area is 128 Å². The van der Waals surface area contributed by atoms with Crippen LogP contribution in [0.2, 0.25) is 0 Å². The molecule has 0 atom stereocenters. The van der Waals surface area contributed by atoms with Gasteiger partial charge in [0.05, 0.1) is 0 Å². The van der Waals surface area contributed by atoms with Gasteiger partial charge in [-0.15, -0.1) is 0 Å². The average molecular weight is 301 g/mol. The summed E-state index contributed by atoms with van der Waals surface area (Å²) in [5, 5.41) is 2.43. The molecule has 2 nitrogen and oxygen atoms in total. The van der Waals surface area contributed by atoms with Crippen molar-refractivity contribution in [3.05, 3.63) is 36.4 Å². The number of fused-ring (bicyclic) bond motifs is 1. The van der Waals surface area contributed by atoms with Gasteiger partial charge < -0.3 is 4.74 Å². The van der Waals surface area contributed by atoms with Gasteiger partial charge in [0.2, 0.25) is 0 Å². The zero-order valence-corrected chi connectivity index (χ0v) is 13.2. The summed E-state index contributed by atoms with van der Waals surface area (Å²) < 4.78 is 5.68. The molecule has 2 aromatic rings. The van der Waals surface area contributed by atoms with Gasteiger partial charge in [0, 0.05) is 21.7 Å². The van der Waals surface area contributed by atoms with Gasteiger partial charge in [-0.05, 0) is 44.4 Å². The normalized spacial score (nSPS) is 16.0. The third kappa shape index (κ3) is 3.24. The van der Waals surface area contributed by atoms with Gasteiger partial charge >= 0.3 is 0 Å². The Morgan fingerprint density at radius 2 is 1.76 bits per heavy atom. The van der Waals surface area contributed by atoms with Crippen molar-refractivity contribution in [3.8, 4) is 5.75 Å². The fourth-order valence-corrected chi connectivity index (χ4v) is 5.35. The Morgan fingerprint density at radius 1 is 1.05 bits per heavy atom. The lowest BCUT2D eigenvalue weighted by Gasteiger charge is -2.16. The number of Topliss-reactive ketones (excluding diaryl/α,β-unsaturated/α-hetero) is 1. The fourth-order valence-electron chi connectivity index (χ4n) is 2.85. The molecule has 1 aliphatic heterocycles. The van der Waals surface area contributed by atoms with Gasteiger partial charge in [-0.25, -0.2) is 0 Å². The summed E-state index contributed by atoms with van der Waals surface area (Å²) in [5.41, 5.74) is 0. The van der Waals surface area contributed by atoms with E-state index >= 15 is 0 Å². The molecule has 0 saturated carbocycles. The van der Waals surface area contributed by atoms with E-state index in [2.05, 4.69) is 24.3 Å². The van der Waals surface area contributed by atoms with E-state index in [1.54, 1.807) is 6.92 Å². The van der Waals surface area contributed by atoms with E-state index in [9.17, 15) is 4.79 Å². The summed E-state index contributed by atoms with van der Waals surface area (Å²) in [5.74, 6) is 3.51. The number of ether oxygens (including phenoxy) is 1. The lowest BCUT2D eigenvalue weighted by molar-refractivity contribution is -0.118. The number of hydrogen-bond donors (Lipinski definition) is 0. The molecule has 0 aliphatic carbocycles. The molecule has 0 aromatic heterocycles. The summed E-state index contributed by atoms with van der Waals surface area (Å²) >= 11 is 0. The van der Waals surface area contributed by atoms with Crippen LogP contribution in [-0.4, -0.2) is 23.9 Å². The molecular formula is C18H21O2S+. The maximum Gasteiger partial charge on any atom is 0.167 e. The average Bonchev–Trinajstić information content (AvgIpc) is 2.53.